The Morgan fingerprint density at radius 2 is 2.00 bits per heavy atom. The molecule has 0 bridgehead atoms. The van der Waals surface area contributed by atoms with Crippen molar-refractivity contribution >= 4 is 15.9 Å². The van der Waals surface area contributed by atoms with Crippen molar-refractivity contribution in [3.63, 3.8) is 0 Å². The van der Waals surface area contributed by atoms with Gasteiger partial charge >= 0.3 is 0 Å². The molecule has 1 aliphatic rings. The monoisotopic (exact) mass is 298 g/mol. The van der Waals surface area contributed by atoms with Gasteiger partial charge in [-0.1, -0.05) is 18.2 Å². The second kappa shape index (κ2) is 5.51. The molecule has 1 aromatic carbocycles. The Bertz CT molecular complexity index is 588. The summed E-state index contributed by atoms with van der Waals surface area (Å²) in [6, 6.07) is 8.19. The Morgan fingerprint density at radius 3 is 2.60 bits per heavy atom. The zero-order chi connectivity index (χ0) is 14.8. The maximum absolute atomic E-state index is 12.5. The Morgan fingerprint density at radius 1 is 1.35 bits per heavy atom. The summed E-state index contributed by atoms with van der Waals surface area (Å²) in [6.07, 6.45) is 0. The van der Waals surface area contributed by atoms with Crippen molar-refractivity contribution in [2.75, 3.05) is 26.7 Å². The molecule has 1 amide bonds. The number of hydrogen-bond donors (Lipinski definition) is 1. The van der Waals surface area contributed by atoms with Gasteiger partial charge in [0.05, 0.1) is 18.0 Å². The lowest BCUT2D eigenvalue weighted by atomic mass is 10.0. The van der Waals surface area contributed by atoms with Gasteiger partial charge in [-0.05, 0) is 19.1 Å². The highest BCUT2D eigenvalue weighted by molar-refractivity contribution is 7.89. The van der Waals surface area contributed by atoms with Gasteiger partial charge in [0.2, 0.25) is 10.0 Å². The number of ether oxygens (including phenoxy) is 1. The number of benzene rings is 1. The summed E-state index contributed by atoms with van der Waals surface area (Å²) < 4.78 is 31.8. The van der Waals surface area contributed by atoms with E-state index in [0.717, 1.165) is 0 Å². The molecule has 0 spiro atoms. The van der Waals surface area contributed by atoms with Gasteiger partial charge in [-0.3, -0.25) is 4.79 Å². The average molecular weight is 298 g/mol. The number of rotatable bonds is 3. The summed E-state index contributed by atoms with van der Waals surface area (Å²) in [4.78, 5) is 12.1. The summed E-state index contributed by atoms with van der Waals surface area (Å²) in [6.45, 7) is 2.03. The molecule has 0 saturated carbocycles. The fourth-order valence-corrected chi connectivity index (χ4v) is 3.71. The van der Waals surface area contributed by atoms with Gasteiger partial charge in [0.25, 0.3) is 5.91 Å². The highest BCUT2D eigenvalue weighted by Crippen LogP contribution is 2.24. The molecule has 1 N–H and O–H groups in total. The highest BCUT2D eigenvalue weighted by Gasteiger charge is 2.42. The molecular weight excluding hydrogens is 280 g/mol. The molecule has 0 aromatic heterocycles. The first-order chi connectivity index (χ1) is 9.40. The van der Waals surface area contributed by atoms with E-state index in [0.29, 0.717) is 0 Å². The summed E-state index contributed by atoms with van der Waals surface area (Å²) >= 11 is 0. The van der Waals surface area contributed by atoms with Gasteiger partial charge in [0, 0.05) is 13.6 Å². The quantitative estimate of drug-likeness (QED) is 0.865. The summed E-state index contributed by atoms with van der Waals surface area (Å²) in [7, 11) is -2.10. The van der Waals surface area contributed by atoms with Crippen molar-refractivity contribution in [2.45, 2.75) is 17.4 Å². The normalized spacial score (nSPS) is 24.3. The molecule has 0 unspecified atom stereocenters. The van der Waals surface area contributed by atoms with Gasteiger partial charge in [0.15, 0.2) is 5.60 Å². The molecule has 1 saturated heterocycles. The lowest BCUT2D eigenvalue weighted by molar-refractivity contribution is -0.151. The van der Waals surface area contributed by atoms with Crippen molar-refractivity contribution in [3.05, 3.63) is 30.3 Å². The summed E-state index contributed by atoms with van der Waals surface area (Å²) in [5.74, 6) is -0.328. The number of amides is 1. The van der Waals surface area contributed by atoms with E-state index in [9.17, 15) is 13.2 Å². The maximum Gasteiger partial charge on any atom is 0.253 e. The van der Waals surface area contributed by atoms with Crippen LogP contribution in [0.4, 0.5) is 0 Å². The van der Waals surface area contributed by atoms with Crippen LogP contribution in [0.1, 0.15) is 6.92 Å². The van der Waals surface area contributed by atoms with E-state index in [2.05, 4.69) is 5.32 Å². The number of morpholine rings is 1. The van der Waals surface area contributed by atoms with Gasteiger partial charge in [-0.2, -0.15) is 4.31 Å². The van der Waals surface area contributed by atoms with Crippen LogP contribution in [0.15, 0.2) is 35.2 Å². The Labute approximate surface area is 118 Å². The zero-order valence-electron chi connectivity index (χ0n) is 11.5. The first-order valence-corrected chi connectivity index (χ1v) is 7.75. The minimum absolute atomic E-state index is 0.00387. The van der Waals surface area contributed by atoms with Crippen LogP contribution in [-0.4, -0.2) is 51.0 Å². The molecule has 110 valence electrons. The highest BCUT2D eigenvalue weighted by atomic mass is 32.2. The molecule has 1 aromatic rings. The van der Waals surface area contributed by atoms with Crippen molar-refractivity contribution in [3.8, 4) is 0 Å². The molecule has 1 aliphatic heterocycles. The lowest BCUT2D eigenvalue weighted by Gasteiger charge is -2.38. The van der Waals surface area contributed by atoms with Gasteiger partial charge < -0.3 is 10.1 Å². The second-order valence-corrected chi connectivity index (χ2v) is 6.75. The summed E-state index contributed by atoms with van der Waals surface area (Å²) in [5, 5.41) is 2.50. The molecule has 7 heteroatoms. The van der Waals surface area contributed by atoms with Gasteiger partial charge in [0.1, 0.15) is 0 Å². The van der Waals surface area contributed by atoms with Crippen molar-refractivity contribution in [1.29, 1.82) is 0 Å². The fraction of sp³-hybridized carbons (Fsp3) is 0.462. The van der Waals surface area contributed by atoms with Crippen LogP contribution in [0.5, 0.6) is 0 Å². The number of nitrogens with zero attached hydrogens (tertiary/aromatic N) is 1. The molecule has 1 atom stereocenters. The van der Waals surface area contributed by atoms with E-state index in [-0.39, 0.29) is 30.5 Å². The predicted molar refractivity (Wildman–Crippen MR) is 73.6 cm³/mol. The molecule has 6 nitrogen and oxygen atoms in total. The predicted octanol–water partition coefficient (Wildman–Crippen LogP) is 0.212. The van der Waals surface area contributed by atoms with Crippen molar-refractivity contribution in [1.82, 2.24) is 9.62 Å². The molecule has 20 heavy (non-hydrogen) atoms. The van der Waals surface area contributed by atoms with Crippen LogP contribution in [0.2, 0.25) is 0 Å². The minimum Gasteiger partial charge on any atom is -0.363 e. The van der Waals surface area contributed by atoms with Crippen LogP contribution < -0.4 is 5.32 Å². The zero-order valence-corrected chi connectivity index (χ0v) is 12.3. The van der Waals surface area contributed by atoms with Crippen molar-refractivity contribution in [2.24, 2.45) is 0 Å². The Kier molecular flexibility index (Phi) is 4.12. The fourth-order valence-electron chi connectivity index (χ4n) is 2.18. The van der Waals surface area contributed by atoms with Gasteiger partial charge in [-0.15, -0.1) is 0 Å². The molecule has 1 fully saturated rings. The standard InChI is InChI=1S/C13H18N2O4S/c1-13(12(16)14-2)10-15(8-9-19-13)20(17,18)11-6-4-3-5-7-11/h3-7H,8-10H2,1-2H3,(H,14,16)/t13-/m1/s1. The van der Waals surface area contributed by atoms with E-state index in [1.54, 1.807) is 37.3 Å². The number of nitrogens with one attached hydrogen (secondary N) is 1. The lowest BCUT2D eigenvalue weighted by Crippen LogP contribution is -2.58. The first kappa shape index (κ1) is 15.0. The van der Waals surface area contributed by atoms with Crippen LogP contribution >= 0.6 is 0 Å². The molecule has 0 radical (unpaired) electrons. The van der Waals surface area contributed by atoms with Crippen LogP contribution in [0, 0.1) is 0 Å². The average Bonchev–Trinajstić information content (AvgIpc) is 2.47. The largest absolute Gasteiger partial charge is 0.363 e. The molecule has 0 aliphatic carbocycles. The second-order valence-electron chi connectivity index (χ2n) is 4.81. The first-order valence-electron chi connectivity index (χ1n) is 6.31. The van der Waals surface area contributed by atoms with Gasteiger partial charge in [-0.25, -0.2) is 8.42 Å². The molecule has 1 heterocycles. The SMILES string of the molecule is CNC(=O)[C@@]1(C)CN(S(=O)(=O)c2ccccc2)CCO1. The van der Waals surface area contributed by atoms with E-state index < -0.39 is 15.6 Å². The third-order valence-electron chi connectivity index (χ3n) is 3.33. The number of carbonyl (C=O) groups excluding carboxylic acids is 1. The van der Waals surface area contributed by atoms with E-state index in [1.165, 1.54) is 11.4 Å². The van der Waals surface area contributed by atoms with Crippen LogP contribution in [0.3, 0.4) is 0 Å². The molecule has 2 rings (SSSR count). The van der Waals surface area contributed by atoms with Crippen molar-refractivity contribution < 1.29 is 17.9 Å². The maximum atomic E-state index is 12.5. The van der Waals surface area contributed by atoms with Crippen LogP contribution in [-0.2, 0) is 19.6 Å². The number of carbonyl (C=O) groups is 1. The molecular formula is C13H18N2O4S. The minimum atomic E-state index is -3.60. The Hall–Kier alpha value is -1.44. The number of likely N-dealkylation sites (N-methyl/N-ethyl adjacent to an activating group) is 1. The number of hydrogen-bond acceptors (Lipinski definition) is 4. The van der Waals surface area contributed by atoms with E-state index >= 15 is 0 Å². The summed E-state index contributed by atoms with van der Waals surface area (Å²) in [5.41, 5.74) is -1.16. The van der Waals surface area contributed by atoms with E-state index in [4.69, 9.17) is 4.74 Å². The topological polar surface area (TPSA) is 75.7 Å². The van der Waals surface area contributed by atoms with E-state index in [1.807, 2.05) is 0 Å². The Balaban J connectivity index is 2.28. The number of sulfonamides is 1. The van der Waals surface area contributed by atoms with Crippen LogP contribution in [0.25, 0.3) is 0 Å². The smallest absolute Gasteiger partial charge is 0.253 e. The third kappa shape index (κ3) is 2.70. The third-order valence-corrected chi connectivity index (χ3v) is 5.19.